The summed E-state index contributed by atoms with van der Waals surface area (Å²) in [5.41, 5.74) is -0.111. The van der Waals surface area contributed by atoms with Crippen LogP contribution >= 0.6 is 0 Å². The number of furan rings is 1. The van der Waals surface area contributed by atoms with Gasteiger partial charge in [0.2, 0.25) is 0 Å². The molecule has 0 radical (unpaired) electrons. The molecule has 0 spiro atoms. The van der Waals surface area contributed by atoms with Crippen LogP contribution in [-0.2, 0) is 16.0 Å². The number of methoxy groups -OCH3 is 1. The van der Waals surface area contributed by atoms with Gasteiger partial charge in [0.05, 0.1) is 18.7 Å². The number of carboxylic acids is 1. The number of rotatable bonds is 6. The summed E-state index contributed by atoms with van der Waals surface area (Å²) < 4.78 is 15.9. The molecule has 1 aliphatic rings. The summed E-state index contributed by atoms with van der Waals surface area (Å²) in [6, 6.07) is 1.51. The van der Waals surface area contributed by atoms with Gasteiger partial charge >= 0.3 is 5.97 Å². The van der Waals surface area contributed by atoms with Crippen LogP contribution < -0.4 is 5.32 Å². The highest BCUT2D eigenvalue weighted by molar-refractivity contribution is 5.87. The number of ether oxygens (including phenoxy) is 2. The second-order valence-corrected chi connectivity index (χ2v) is 4.40. The first-order chi connectivity index (χ1) is 8.65. The average molecular weight is 255 g/mol. The Bertz CT molecular complexity index is 408. The maximum atomic E-state index is 10.7. The molecule has 0 aromatic carbocycles. The molecule has 1 saturated heterocycles. The summed E-state index contributed by atoms with van der Waals surface area (Å²) >= 11 is 0. The van der Waals surface area contributed by atoms with E-state index in [1.807, 2.05) is 0 Å². The van der Waals surface area contributed by atoms with E-state index in [-0.39, 0.29) is 11.2 Å². The van der Waals surface area contributed by atoms with Crippen LogP contribution in [0.2, 0.25) is 0 Å². The van der Waals surface area contributed by atoms with Crippen molar-refractivity contribution in [2.75, 3.05) is 26.9 Å². The molecule has 1 aromatic heterocycles. The molecule has 2 rings (SSSR count). The number of carbonyl (C=O) groups is 1. The third-order valence-corrected chi connectivity index (χ3v) is 3.15. The zero-order valence-electron chi connectivity index (χ0n) is 10.3. The molecular formula is C12H17NO5. The predicted octanol–water partition coefficient (Wildman–Crippen LogP) is 0.873. The van der Waals surface area contributed by atoms with E-state index in [4.69, 9.17) is 19.0 Å². The van der Waals surface area contributed by atoms with Crippen LogP contribution in [0.5, 0.6) is 0 Å². The predicted molar refractivity (Wildman–Crippen MR) is 62.6 cm³/mol. The Morgan fingerprint density at radius 3 is 3.06 bits per heavy atom. The number of hydrogen-bond acceptors (Lipinski definition) is 5. The molecule has 2 heterocycles. The molecule has 1 aliphatic heterocycles. The minimum atomic E-state index is -0.984. The van der Waals surface area contributed by atoms with E-state index in [2.05, 4.69) is 5.32 Å². The SMILES string of the molecule is COC1(CNCc2cc(C(=O)O)co2)CCOC1. The maximum Gasteiger partial charge on any atom is 0.338 e. The molecule has 0 aliphatic carbocycles. The van der Waals surface area contributed by atoms with Gasteiger partial charge in [-0.25, -0.2) is 4.79 Å². The second-order valence-electron chi connectivity index (χ2n) is 4.40. The van der Waals surface area contributed by atoms with Crippen molar-refractivity contribution in [2.24, 2.45) is 0 Å². The minimum absolute atomic E-state index is 0.164. The summed E-state index contributed by atoms with van der Waals surface area (Å²) in [7, 11) is 1.67. The largest absolute Gasteiger partial charge is 0.478 e. The zero-order chi connectivity index (χ0) is 13.0. The normalized spacial score (nSPS) is 23.4. The molecule has 0 amide bonds. The van der Waals surface area contributed by atoms with Gasteiger partial charge in [-0.1, -0.05) is 0 Å². The van der Waals surface area contributed by atoms with Crippen molar-refractivity contribution in [2.45, 2.75) is 18.6 Å². The maximum absolute atomic E-state index is 10.7. The lowest BCUT2D eigenvalue weighted by Crippen LogP contribution is -2.42. The molecule has 18 heavy (non-hydrogen) atoms. The Morgan fingerprint density at radius 2 is 2.50 bits per heavy atom. The number of carboxylic acid groups (broad SMARTS) is 1. The fourth-order valence-corrected chi connectivity index (χ4v) is 1.96. The van der Waals surface area contributed by atoms with Crippen molar-refractivity contribution < 1.29 is 23.8 Å². The van der Waals surface area contributed by atoms with Gasteiger partial charge in [-0.2, -0.15) is 0 Å². The highest BCUT2D eigenvalue weighted by Gasteiger charge is 2.34. The first kappa shape index (κ1) is 13.1. The quantitative estimate of drug-likeness (QED) is 0.785. The molecule has 1 atom stereocenters. The van der Waals surface area contributed by atoms with Crippen LogP contribution in [0, 0.1) is 0 Å². The molecule has 2 N–H and O–H groups in total. The standard InChI is InChI=1S/C12H17NO5/c1-16-12(2-3-17-8-12)7-13-5-10-4-9(6-18-10)11(14)15/h4,6,13H,2-3,5,7-8H2,1H3,(H,14,15). The third-order valence-electron chi connectivity index (χ3n) is 3.15. The molecular weight excluding hydrogens is 238 g/mol. The van der Waals surface area contributed by atoms with Gasteiger partial charge in [-0.15, -0.1) is 0 Å². The molecule has 1 aromatic rings. The van der Waals surface area contributed by atoms with Crippen molar-refractivity contribution in [3.05, 3.63) is 23.7 Å². The fraction of sp³-hybridized carbons (Fsp3) is 0.583. The van der Waals surface area contributed by atoms with E-state index in [9.17, 15) is 4.79 Å². The van der Waals surface area contributed by atoms with Crippen LogP contribution in [0.15, 0.2) is 16.7 Å². The van der Waals surface area contributed by atoms with E-state index in [1.54, 1.807) is 7.11 Å². The lowest BCUT2D eigenvalue weighted by Gasteiger charge is -2.25. The van der Waals surface area contributed by atoms with Gasteiger partial charge in [-0.3, -0.25) is 0 Å². The van der Waals surface area contributed by atoms with Crippen molar-refractivity contribution >= 4 is 5.97 Å². The molecule has 100 valence electrons. The summed E-state index contributed by atoms with van der Waals surface area (Å²) in [6.07, 6.45) is 2.10. The summed E-state index contributed by atoms with van der Waals surface area (Å²) in [6.45, 7) is 2.40. The topological polar surface area (TPSA) is 80.9 Å². The third kappa shape index (κ3) is 2.90. The van der Waals surface area contributed by atoms with Gasteiger partial charge < -0.3 is 24.3 Å². The van der Waals surface area contributed by atoms with E-state index >= 15 is 0 Å². The Balaban J connectivity index is 1.82. The van der Waals surface area contributed by atoms with Crippen molar-refractivity contribution in [1.29, 1.82) is 0 Å². The summed E-state index contributed by atoms with van der Waals surface area (Å²) in [5, 5.41) is 12.0. The Labute approximate surface area is 105 Å². The van der Waals surface area contributed by atoms with Gasteiger partial charge in [0.1, 0.15) is 17.6 Å². The van der Waals surface area contributed by atoms with Crippen LogP contribution in [-0.4, -0.2) is 43.5 Å². The zero-order valence-corrected chi connectivity index (χ0v) is 10.3. The van der Waals surface area contributed by atoms with Gasteiger partial charge in [0.25, 0.3) is 0 Å². The number of aromatic carboxylic acids is 1. The Kier molecular flexibility index (Phi) is 4.00. The van der Waals surface area contributed by atoms with Crippen molar-refractivity contribution in [1.82, 2.24) is 5.32 Å². The van der Waals surface area contributed by atoms with Crippen molar-refractivity contribution in [3.63, 3.8) is 0 Å². The Morgan fingerprint density at radius 1 is 1.67 bits per heavy atom. The molecule has 6 nitrogen and oxygen atoms in total. The summed E-state index contributed by atoms with van der Waals surface area (Å²) in [5.74, 6) is -0.389. The van der Waals surface area contributed by atoms with Crippen LogP contribution in [0.25, 0.3) is 0 Å². The van der Waals surface area contributed by atoms with E-state index in [0.717, 1.165) is 6.42 Å². The van der Waals surface area contributed by atoms with Crippen LogP contribution in [0.1, 0.15) is 22.5 Å². The first-order valence-corrected chi connectivity index (χ1v) is 5.79. The fourth-order valence-electron chi connectivity index (χ4n) is 1.96. The minimum Gasteiger partial charge on any atom is -0.478 e. The van der Waals surface area contributed by atoms with E-state index in [0.29, 0.717) is 32.1 Å². The lowest BCUT2D eigenvalue weighted by molar-refractivity contribution is -0.0161. The van der Waals surface area contributed by atoms with Gasteiger partial charge in [0.15, 0.2) is 0 Å². The monoisotopic (exact) mass is 255 g/mol. The van der Waals surface area contributed by atoms with Gasteiger partial charge in [0, 0.05) is 26.7 Å². The highest BCUT2D eigenvalue weighted by Crippen LogP contribution is 2.21. The van der Waals surface area contributed by atoms with E-state index in [1.165, 1.54) is 12.3 Å². The first-order valence-electron chi connectivity index (χ1n) is 5.79. The molecule has 1 unspecified atom stereocenters. The van der Waals surface area contributed by atoms with E-state index < -0.39 is 5.97 Å². The summed E-state index contributed by atoms with van der Waals surface area (Å²) in [4.78, 5) is 10.7. The molecule has 1 fully saturated rings. The highest BCUT2D eigenvalue weighted by atomic mass is 16.5. The van der Waals surface area contributed by atoms with Crippen molar-refractivity contribution in [3.8, 4) is 0 Å². The molecule has 6 heteroatoms. The Hall–Kier alpha value is -1.37. The number of hydrogen-bond donors (Lipinski definition) is 2. The smallest absolute Gasteiger partial charge is 0.338 e. The van der Waals surface area contributed by atoms with Crippen LogP contribution in [0.3, 0.4) is 0 Å². The average Bonchev–Trinajstić information content (AvgIpc) is 2.98. The second kappa shape index (κ2) is 5.51. The van der Waals surface area contributed by atoms with Crippen LogP contribution in [0.4, 0.5) is 0 Å². The van der Waals surface area contributed by atoms with Gasteiger partial charge in [-0.05, 0) is 6.07 Å². The molecule has 0 bridgehead atoms. The number of nitrogens with one attached hydrogen (secondary N) is 1. The lowest BCUT2D eigenvalue weighted by atomic mass is 10.0. The molecule has 0 saturated carbocycles.